The van der Waals surface area contributed by atoms with Crippen LogP contribution in [0.1, 0.15) is 118 Å². The number of rotatable bonds is 15. The van der Waals surface area contributed by atoms with Crippen LogP contribution in [0.3, 0.4) is 0 Å². The van der Waals surface area contributed by atoms with Gasteiger partial charge in [-0.2, -0.15) is 0 Å². The summed E-state index contributed by atoms with van der Waals surface area (Å²) < 4.78 is 5.06. The van der Waals surface area contributed by atoms with Gasteiger partial charge in [-0.25, -0.2) is 0 Å². The minimum absolute atomic E-state index is 0.0297. The molecule has 150 valence electrons. The van der Waals surface area contributed by atoms with Crippen LogP contribution in [-0.2, 0) is 14.3 Å². The largest absolute Gasteiger partial charge is 0.481 e. The van der Waals surface area contributed by atoms with E-state index in [1.807, 2.05) is 13.8 Å². The summed E-state index contributed by atoms with van der Waals surface area (Å²) in [5.74, 6) is -0.713. The third-order valence-corrected chi connectivity index (χ3v) is 3.85. The van der Waals surface area contributed by atoms with E-state index in [4.69, 9.17) is 9.84 Å². The van der Waals surface area contributed by atoms with Crippen molar-refractivity contribution in [2.45, 2.75) is 124 Å². The highest BCUT2D eigenvalue weighted by atomic mass is 16.5. The first kappa shape index (κ1) is 26.2. The second-order valence-corrected chi connectivity index (χ2v) is 6.97. The highest BCUT2D eigenvalue weighted by Crippen LogP contribution is 2.09. The maximum atomic E-state index is 11.2. The van der Waals surface area contributed by atoms with Gasteiger partial charge in [0, 0.05) is 12.8 Å². The van der Waals surface area contributed by atoms with Gasteiger partial charge in [0.1, 0.15) is 0 Å². The van der Waals surface area contributed by atoms with Crippen molar-refractivity contribution in [1.29, 1.82) is 0 Å². The van der Waals surface area contributed by atoms with Crippen molar-refractivity contribution in [3.63, 3.8) is 0 Å². The van der Waals surface area contributed by atoms with E-state index in [1.54, 1.807) is 0 Å². The van der Waals surface area contributed by atoms with Gasteiger partial charge < -0.3 is 9.84 Å². The number of aliphatic carboxylic acids is 1. The zero-order valence-corrected chi connectivity index (χ0v) is 17.1. The van der Waals surface area contributed by atoms with E-state index in [0.29, 0.717) is 12.8 Å². The van der Waals surface area contributed by atoms with Gasteiger partial charge in [-0.1, -0.05) is 78.1 Å². The second-order valence-electron chi connectivity index (χ2n) is 6.97. The maximum Gasteiger partial charge on any atom is 0.306 e. The van der Waals surface area contributed by atoms with Gasteiger partial charge in [-0.15, -0.1) is 0 Å². The third kappa shape index (κ3) is 28.0. The number of carbonyl (C=O) groups is 2. The van der Waals surface area contributed by atoms with Crippen LogP contribution in [0.4, 0.5) is 0 Å². The Morgan fingerprint density at radius 3 is 1.52 bits per heavy atom. The number of carbonyl (C=O) groups excluding carboxylic acids is 1. The molecule has 0 spiro atoms. The number of ether oxygens (including phenoxy) is 1. The molecule has 25 heavy (non-hydrogen) atoms. The van der Waals surface area contributed by atoms with E-state index in [1.165, 1.54) is 51.4 Å². The summed E-state index contributed by atoms with van der Waals surface area (Å²) in [7, 11) is 0. The van der Waals surface area contributed by atoms with Crippen LogP contribution in [0.25, 0.3) is 0 Å². The fourth-order valence-corrected chi connectivity index (χ4v) is 2.43. The first-order chi connectivity index (χ1) is 11.9. The van der Waals surface area contributed by atoms with Crippen molar-refractivity contribution in [3.05, 3.63) is 0 Å². The molecule has 0 radical (unpaired) electrons. The Balaban J connectivity index is 0. The summed E-state index contributed by atoms with van der Waals surface area (Å²) >= 11 is 0. The number of unbranched alkanes of at least 4 members (excludes halogenated alkanes) is 10. The molecule has 0 bridgehead atoms. The van der Waals surface area contributed by atoms with Crippen LogP contribution in [0.2, 0.25) is 0 Å². The lowest BCUT2D eigenvalue weighted by molar-refractivity contribution is -0.147. The van der Waals surface area contributed by atoms with Crippen LogP contribution < -0.4 is 0 Å². The Kier molecular flexibility index (Phi) is 22.0. The summed E-state index contributed by atoms with van der Waals surface area (Å²) in [6.45, 7) is 8.16. The van der Waals surface area contributed by atoms with E-state index in [9.17, 15) is 9.59 Å². The fourth-order valence-electron chi connectivity index (χ4n) is 2.43. The first-order valence-electron chi connectivity index (χ1n) is 10.3. The summed E-state index contributed by atoms with van der Waals surface area (Å²) in [4.78, 5) is 21.2. The number of hydrogen-bond acceptors (Lipinski definition) is 3. The van der Waals surface area contributed by atoms with Crippen LogP contribution in [0, 0.1) is 0 Å². The smallest absolute Gasteiger partial charge is 0.306 e. The monoisotopic (exact) mass is 358 g/mol. The van der Waals surface area contributed by atoms with E-state index in [-0.39, 0.29) is 12.1 Å². The lowest BCUT2D eigenvalue weighted by Crippen LogP contribution is -2.10. The average molecular weight is 359 g/mol. The van der Waals surface area contributed by atoms with Crippen molar-refractivity contribution in [3.8, 4) is 0 Å². The van der Waals surface area contributed by atoms with E-state index in [2.05, 4.69) is 13.8 Å². The van der Waals surface area contributed by atoms with Gasteiger partial charge in [0.15, 0.2) is 0 Å². The summed E-state index contributed by atoms with van der Waals surface area (Å²) in [6, 6.07) is 0. The minimum atomic E-state index is -0.670. The molecule has 1 N–H and O–H groups in total. The van der Waals surface area contributed by atoms with Gasteiger partial charge in [0.25, 0.3) is 0 Å². The van der Waals surface area contributed by atoms with Gasteiger partial charge in [-0.3, -0.25) is 9.59 Å². The Morgan fingerprint density at radius 2 is 1.12 bits per heavy atom. The van der Waals surface area contributed by atoms with Crippen molar-refractivity contribution in [1.82, 2.24) is 0 Å². The Labute approximate surface area is 155 Å². The average Bonchev–Trinajstić information content (AvgIpc) is 2.53. The Bertz CT molecular complexity index is 300. The quantitative estimate of drug-likeness (QED) is 0.268. The summed E-state index contributed by atoms with van der Waals surface area (Å²) in [6.07, 6.45) is 15.2. The fraction of sp³-hybridized carbons (Fsp3) is 0.905. The Hall–Kier alpha value is -1.06. The van der Waals surface area contributed by atoms with Gasteiger partial charge in [0.2, 0.25) is 0 Å². The van der Waals surface area contributed by atoms with Crippen molar-refractivity contribution >= 4 is 11.9 Å². The van der Waals surface area contributed by atoms with Crippen LogP contribution in [0.15, 0.2) is 0 Å². The summed E-state index contributed by atoms with van der Waals surface area (Å²) in [5.41, 5.74) is 0. The summed E-state index contributed by atoms with van der Waals surface area (Å²) in [5, 5.41) is 8.27. The molecule has 0 aliphatic carbocycles. The van der Waals surface area contributed by atoms with Crippen LogP contribution in [0.5, 0.6) is 0 Å². The lowest BCUT2D eigenvalue weighted by atomic mass is 10.1. The standard InChI is InChI=1S/C13H26O2.C8H16O2/c1-4-5-6-7-8-9-10-11-13(14)15-12(2)3;1-2-3-4-5-6-7-8(9)10/h12H,4-11H2,1-3H3;2-7H2,1H3,(H,9,10). The highest BCUT2D eigenvalue weighted by Gasteiger charge is 2.04. The molecule has 0 unspecified atom stereocenters. The molecule has 0 fully saturated rings. The number of esters is 1. The topological polar surface area (TPSA) is 63.6 Å². The number of carboxylic acid groups (broad SMARTS) is 1. The molecular weight excluding hydrogens is 316 g/mol. The van der Waals surface area contributed by atoms with Crippen molar-refractivity contribution in [2.24, 2.45) is 0 Å². The van der Waals surface area contributed by atoms with E-state index < -0.39 is 5.97 Å². The molecule has 0 aliphatic rings. The van der Waals surface area contributed by atoms with E-state index >= 15 is 0 Å². The molecule has 0 saturated heterocycles. The van der Waals surface area contributed by atoms with E-state index in [0.717, 1.165) is 25.7 Å². The normalized spacial score (nSPS) is 10.3. The second kappa shape index (κ2) is 21.0. The number of hydrogen-bond donors (Lipinski definition) is 1. The molecule has 0 aromatic rings. The zero-order chi connectivity index (χ0) is 19.3. The maximum absolute atomic E-state index is 11.2. The zero-order valence-electron chi connectivity index (χ0n) is 17.1. The van der Waals surface area contributed by atoms with Crippen LogP contribution in [-0.4, -0.2) is 23.1 Å². The molecule has 0 aromatic heterocycles. The van der Waals surface area contributed by atoms with Crippen molar-refractivity contribution < 1.29 is 19.4 Å². The molecule has 0 aliphatic heterocycles. The molecule has 0 rings (SSSR count). The lowest BCUT2D eigenvalue weighted by Gasteiger charge is -2.07. The molecule has 0 saturated carbocycles. The molecule has 0 atom stereocenters. The van der Waals surface area contributed by atoms with Gasteiger partial charge >= 0.3 is 11.9 Å². The molecule has 0 aromatic carbocycles. The molecule has 4 nitrogen and oxygen atoms in total. The number of carboxylic acids is 1. The van der Waals surface area contributed by atoms with Crippen LogP contribution >= 0.6 is 0 Å². The molecule has 4 heteroatoms. The minimum Gasteiger partial charge on any atom is -0.481 e. The first-order valence-corrected chi connectivity index (χ1v) is 10.3. The predicted octanol–water partition coefficient (Wildman–Crippen LogP) is 6.51. The Morgan fingerprint density at radius 1 is 0.720 bits per heavy atom. The predicted molar refractivity (Wildman–Crippen MR) is 105 cm³/mol. The SMILES string of the molecule is CCCCCCCC(=O)O.CCCCCCCCCC(=O)OC(C)C. The van der Waals surface area contributed by atoms with Gasteiger partial charge in [-0.05, 0) is 26.7 Å². The highest BCUT2D eigenvalue weighted by molar-refractivity contribution is 5.69. The third-order valence-electron chi connectivity index (χ3n) is 3.85. The van der Waals surface area contributed by atoms with Gasteiger partial charge in [0.05, 0.1) is 6.10 Å². The molecule has 0 amide bonds. The van der Waals surface area contributed by atoms with Crippen molar-refractivity contribution in [2.75, 3.05) is 0 Å². The molecule has 0 heterocycles. The molecular formula is C21H42O4.